The second-order valence-corrected chi connectivity index (χ2v) is 28.1. The second-order valence-electron chi connectivity index (χ2n) is 28.1. The summed E-state index contributed by atoms with van der Waals surface area (Å²) in [4.78, 5) is 0. The summed E-state index contributed by atoms with van der Waals surface area (Å²) in [5, 5.41) is 73.5. The van der Waals surface area contributed by atoms with Crippen LogP contribution in [0.1, 0.15) is 225 Å². The van der Waals surface area contributed by atoms with Crippen LogP contribution in [-0.4, -0.2) is 30.6 Å². The summed E-state index contributed by atoms with van der Waals surface area (Å²) in [6.07, 6.45) is 0.914. The third kappa shape index (κ3) is 12.9. The minimum absolute atomic E-state index is 0.0503. The monoisotopic (exact) mass is 1030 g/mol. The van der Waals surface area contributed by atoms with Crippen LogP contribution in [-0.2, 0) is 94.1 Å². The average Bonchev–Trinajstić information content (AvgIpc) is 3.28. The van der Waals surface area contributed by atoms with E-state index in [2.05, 4.69) is 125 Å². The number of hydrogen-bond acceptors (Lipinski definition) is 8. The van der Waals surface area contributed by atoms with Gasteiger partial charge in [-0.3, -0.25) is 0 Å². The number of ether oxygens (including phenoxy) is 2. The molecular weight excluding hydrogens is 945 g/mol. The molecule has 6 N–H and O–H groups in total. The van der Waals surface area contributed by atoms with Crippen molar-refractivity contribution >= 4 is 0 Å². The van der Waals surface area contributed by atoms with Crippen LogP contribution in [0.3, 0.4) is 0 Å². The summed E-state index contributed by atoms with van der Waals surface area (Å²) in [5.74, 6) is 0.516. The molecule has 12 bridgehead atoms. The van der Waals surface area contributed by atoms with Crippen LogP contribution in [0.25, 0.3) is 0 Å². The maximum atomic E-state index is 12.4. The standard InChI is InChI=1S/C68H88O8/c1-63(2,3)51-23-39-19-43-27-53(65(7,8)9)31-47(59(43)71)35-75-37-49-33-55(67(13,14)15)29-45(61(49)73)21-41-25-52(64(4,5)6)26-42(58(41)70)22-46-30-56(68(16,17)18)34-50(62(46)74)38-76-36-48-32-54(66(10,11)12)28-44(60(48)72)20-40(24-51)57(39)69/h23-34,69-74H,19-22,35-38H2,1-18H3. The first-order chi connectivity index (χ1) is 34.9. The fraction of sp³-hybridized carbons (Fsp3) is 0.471. The Morgan fingerprint density at radius 3 is 0.474 bits per heavy atom. The molecule has 408 valence electrons. The highest BCUT2D eigenvalue weighted by Gasteiger charge is 2.28. The lowest BCUT2D eigenvalue weighted by Crippen LogP contribution is -2.15. The lowest BCUT2D eigenvalue weighted by Gasteiger charge is -2.26. The molecular formula is C68H88O8. The van der Waals surface area contributed by atoms with Gasteiger partial charge in [-0.15, -0.1) is 0 Å². The van der Waals surface area contributed by atoms with Gasteiger partial charge in [0.2, 0.25) is 0 Å². The molecule has 0 aliphatic carbocycles. The van der Waals surface area contributed by atoms with Gasteiger partial charge in [0.1, 0.15) is 34.5 Å². The average molecular weight is 1030 g/mol. The highest BCUT2D eigenvalue weighted by molar-refractivity contribution is 5.58. The molecule has 7 rings (SSSR count). The Hall–Kier alpha value is -5.96. The maximum absolute atomic E-state index is 12.4. The maximum Gasteiger partial charge on any atom is 0.124 e. The van der Waals surface area contributed by atoms with Gasteiger partial charge in [0.05, 0.1) is 26.4 Å². The predicted octanol–water partition coefficient (Wildman–Crippen LogP) is 15.8. The van der Waals surface area contributed by atoms with Crippen molar-refractivity contribution in [1.29, 1.82) is 0 Å². The van der Waals surface area contributed by atoms with Crippen molar-refractivity contribution in [3.8, 4) is 34.5 Å². The summed E-state index contributed by atoms with van der Waals surface area (Å²) < 4.78 is 13.0. The summed E-state index contributed by atoms with van der Waals surface area (Å²) in [6.45, 7) is 38.6. The molecule has 0 unspecified atom stereocenters. The van der Waals surface area contributed by atoms with E-state index < -0.39 is 0 Å². The van der Waals surface area contributed by atoms with Crippen molar-refractivity contribution in [3.05, 3.63) is 173 Å². The van der Waals surface area contributed by atoms with E-state index in [1.165, 1.54) is 0 Å². The molecule has 1 heterocycles. The van der Waals surface area contributed by atoms with Gasteiger partial charge in [-0.2, -0.15) is 0 Å². The molecule has 6 aromatic carbocycles. The van der Waals surface area contributed by atoms with Gasteiger partial charge in [0, 0.05) is 47.9 Å². The normalized spacial score (nSPS) is 14.8. The zero-order valence-corrected chi connectivity index (χ0v) is 49.1. The van der Waals surface area contributed by atoms with E-state index in [4.69, 9.17) is 9.47 Å². The zero-order chi connectivity index (χ0) is 56.4. The smallest absolute Gasteiger partial charge is 0.124 e. The molecule has 0 fully saturated rings. The van der Waals surface area contributed by atoms with E-state index in [0.717, 1.165) is 33.4 Å². The largest absolute Gasteiger partial charge is 0.507 e. The van der Waals surface area contributed by atoms with Crippen LogP contribution in [0.15, 0.2) is 72.8 Å². The topological polar surface area (TPSA) is 140 Å². The van der Waals surface area contributed by atoms with Gasteiger partial charge in [-0.05, 0) is 135 Å². The molecule has 0 saturated carbocycles. The Balaban J connectivity index is 1.45. The molecule has 0 atom stereocenters. The summed E-state index contributed by atoms with van der Waals surface area (Å²) >= 11 is 0. The number of phenolic OH excluding ortho intramolecular Hbond substituents is 6. The molecule has 0 amide bonds. The minimum Gasteiger partial charge on any atom is -0.507 e. The third-order valence-corrected chi connectivity index (χ3v) is 15.4. The van der Waals surface area contributed by atoms with E-state index in [-0.39, 0.29) is 119 Å². The predicted molar refractivity (Wildman–Crippen MR) is 309 cm³/mol. The quantitative estimate of drug-likeness (QED) is 0.0884. The summed E-state index contributed by atoms with van der Waals surface area (Å²) in [7, 11) is 0. The van der Waals surface area contributed by atoms with E-state index in [0.29, 0.717) is 66.8 Å². The minimum atomic E-state index is -0.303. The number of hydrogen-bond donors (Lipinski definition) is 6. The molecule has 0 spiro atoms. The Kier molecular flexibility index (Phi) is 15.8. The Bertz CT molecular complexity index is 2750. The van der Waals surface area contributed by atoms with E-state index >= 15 is 0 Å². The van der Waals surface area contributed by atoms with Crippen LogP contribution in [0, 0.1) is 0 Å². The summed E-state index contributed by atoms with van der Waals surface area (Å²) in [5.41, 5.74) is 11.8. The molecule has 8 nitrogen and oxygen atoms in total. The number of rotatable bonds is 0. The lowest BCUT2D eigenvalue weighted by atomic mass is 9.81. The van der Waals surface area contributed by atoms with Gasteiger partial charge >= 0.3 is 0 Å². The van der Waals surface area contributed by atoms with Crippen molar-refractivity contribution in [2.75, 3.05) is 0 Å². The van der Waals surface area contributed by atoms with Gasteiger partial charge in [-0.25, -0.2) is 0 Å². The van der Waals surface area contributed by atoms with Crippen molar-refractivity contribution in [2.24, 2.45) is 0 Å². The third-order valence-electron chi connectivity index (χ3n) is 15.4. The molecule has 0 aromatic heterocycles. The van der Waals surface area contributed by atoms with Crippen molar-refractivity contribution in [2.45, 2.75) is 209 Å². The number of phenols is 6. The van der Waals surface area contributed by atoms with Crippen molar-refractivity contribution in [1.82, 2.24) is 0 Å². The van der Waals surface area contributed by atoms with Gasteiger partial charge in [0.25, 0.3) is 0 Å². The first-order valence-corrected chi connectivity index (χ1v) is 27.2. The Morgan fingerprint density at radius 1 is 0.224 bits per heavy atom. The van der Waals surface area contributed by atoms with Crippen LogP contribution >= 0.6 is 0 Å². The molecule has 6 aromatic rings. The highest BCUT2D eigenvalue weighted by atomic mass is 16.5. The fourth-order valence-electron chi connectivity index (χ4n) is 10.0. The molecule has 1 aliphatic heterocycles. The Labute approximate surface area is 454 Å². The van der Waals surface area contributed by atoms with E-state index in [1.807, 2.05) is 72.8 Å². The van der Waals surface area contributed by atoms with Crippen molar-refractivity contribution < 1.29 is 40.1 Å². The molecule has 76 heavy (non-hydrogen) atoms. The zero-order valence-electron chi connectivity index (χ0n) is 49.1. The van der Waals surface area contributed by atoms with Crippen molar-refractivity contribution in [3.63, 3.8) is 0 Å². The summed E-state index contributed by atoms with van der Waals surface area (Å²) in [6, 6.07) is 24.1. The molecule has 8 heteroatoms. The second kappa shape index (κ2) is 20.8. The van der Waals surface area contributed by atoms with Gasteiger partial charge in [-0.1, -0.05) is 173 Å². The van der Waals surface area contributed by atoms with Crippen LogP contribution in [0.2, 0.25) is 0 Å². The van der Waals surface area contributed by atoms with E-state index in [1.54, 1.807) is 0 Å². The molecule has 0 saturated heterocycles. The first kappa shape index (κ1) is 57.7. The first-order valence-electron chi connectivity index (χ1n) is 27.2. The molecule has 0 radical (unpaired) electrons. The van der Waals surface area contributed by atoms with Gasteiger partial charge in [0.15, 0.2) is 0 Å². The van der Waals surface area contributed by atoms with E-state index in [9.17, 15) is 30.6 Å². The van der Waals surface area contributed by atoms with Crippen LogP contribution in [0.4, 0.5) is 0 Å². The lowest BCUT2D eigenvalue weighted by molar-refractivity contribution is 0.103. The number of aromatic hydroxyl groups is 6. The van der Waals surface area contributed by atoms with Crippen LogP contribution < -0.4 is 0 Å². The number of benzene rings is 6. The SMILES string of the molecule is CC(C)(C)c1cc2c(O)c(c1)Cc1cc(C(C)(C)C)cc(c1O)Cc1cc(C(C)(C)C)cc(c1O)COCc1cc(C(C)(C)C)cc(c1O)Cc1cc(C(C)(C)C)cc(c1O)Cc1cc(C(C)(C)C)cc(c1O)COC2. The van der Waals surface area contributed by atoms with Gasteiger partial charge < -0.3 is 40.1 Å². The molecule has 1 aliphatic rings. The Morgan fingerprint density at radius 2 is 0.342 bits per heavy atom. The van der Waals surface area contributed by atoms with Crippen LogP contribution in [0.5, 0.6) is 34.5 Å². The highest BCUT2D eigenvalue weighted by Crippen LogP contribution is 2.43. The fourth-order valence-corrected chi connectivity index (χ4v) is 10.0. The number of fused-ring (bicyclic) bond motifs is 12.